The predicted molar refractivity (Wildman–Crippen MR) is 283 cm³/mol. The van der Waals surface area contributed by atoms with Gasteiger partial charge >= 0.3 is 11.9 Å². The minimum Gasteiger partial charge on any atom is -0.480 e. The number of nitrogens with one attached hydrogen (secondary N) is 6. The second kappa shape index (κ2) is 31.6. The molecule has 7 amide bonds. The molecule has 1 aromatic carbocycles. The van der Waals surface area contributed by atoms with Gasteiger partial charge in [-0.1, -0.05) is 109 Å². The maximum atomic E-state index is 14.5. The number of nitrogens with two attached hydrogens (primary N) is 2. The van der Waals surface area contributed by atoms with Crippen molar-refractivity contribution in [2.75, 3.05) is 27.8 Å². The van der Waals surface area contributed by atoms with Crippen molar-refractivity contribution < 1.29 is 57.7 Å². The van der Waals surface area contributed by atoms with Crippen LogP contribution in [-0.2, 0) is 59.0 Å². The van der Waals surface area contributed by atoms with E-state index in [1.165, 1.54) is 20.9 Å². The number of aliphatic carboxylic acids is 1. The molecule has 1 heterocycles. The molecule has 1 fully saturated rings. The zero-order valence-corrected chi connectivity index (χ0v) is 45.4. The van der Waals surface area contributed by atoms with Crippen molar-refractivity contribution in [2.45, 2.75) is 143 Å². The third-order valence-electron chi connectivity index (χ3n) is 12.7. The van der Waals surface area contributed by atoms with Gasteiger partial charge < -0.3 is 62.8 Å². The van der Waals surface area contributed by atoms with Gasteiger partial charge in [0.2, 0.25) is 35.4 Å². The molecule has 1 saturated heterocycles. The second-order valence-corrected chi connectivity index (χ2v) is 19.9. The summed E-state index contributed by atoms with van der Waals surface area (Å²) in [6.45, 7) is 17.5. The Labute approximate surface area is 441 Å². The standard InChI is InChI=1S/C53H82N10O12/c1-29(2)25-40-49(69)61-41(26-30(3)4)50(70)62-44(51(71)72)34(8)46(66)58-38(19-16-24-56-53(54)55)48(68)57-37(21-20-31(5)27-32(6)42(74-11)28-36-17-14-13-15-18-36)33(7)45(65)59-39(52(73)75-12)22-23-43(64)63(10)35(9)47(67)60-40/h13-15,17-18,20-21,27,29-30,32-34,37-42,44H,9,16,19,22-26,28H2,1-8,10-12H3,(H,57,68)(H,58,66)(H,59,65)(H,60,67)(H,61,69)(H,62,70)(H,71,72)(H4,54,55,56)/b21-20+,31-27+/t32-,33-,34-,37-,38-,39+,40+,41-,42-,44+/m0/s1. The summed E-state index contributed by atoms with van der Waals surface area (Å²) < 4.78 is 10.8. The van der Waals surface area contributed by atoms with Crippen LogP contribution in [0.2, 0.25) is 0 Å². The van der Waals surface area contributed by atoms with E-state index in [-0.39, 0.29) is 74.2 Å². The fraction of sp³-hybridized carbons (Fsp3) is 0.585. The first-order valence-corrected chi connectivity index (χ1v) is 25.3. The summed E-state index contributed by atoms with van der Waals surface area (Å²) in [6, 6.07) is 1.40. The number of aliphatic imine (C=N–C) groups is 1. The molecular weight excluding hydrogens is 969 g/mol. The van der Waals surface area contributed by atoms with E-state index in [2.05, 4.69) is 43.5 Å². The molecule has 22 nitrogen and oxygen atoms in total. The van der Waals surface area contributed by atoms with Crippen LogP contribution >= 0.6 is 0 Å². The smallest absolute Gasteiger partial charge is 0.328 e. The van der Waals surface area contributed by atoms with Crippen molar-refractivity contribution in [2.24, 2.45) is 46.0 Å². The van der Waals surface area contributed by atoms with E-state index in [4.69, 9.17) is 20.9 Å². The van der Waals surface area contributed by atoms with Gasteiger partial charge in [-0.2, -0.15) is 0 Å². The summed E-state index contributed by atoms with van der Waals surface area (Å²) >= 11 is 0. The zero-order chi connectivity index (χ0) is 56.7. The van der Waals surface area contributed by atoms with Gasteiger partial charge in [0.15, 0.2) is 5.96 Å². The number of hydrogen-bond donors (Lipinski definition) is 9. The molecule has 0 saturated carbocycles. The molecule has 1 aliphatic heterocycles. The van der Waals surface area contributed by atoms with Crippen LogP contribution in [0.25, 0.3) is 0 Å². The number of hydrogen-bond acceptors (Lipinski definition) is 12. The zero-order valence-electron chi connectivity index (χ0n) is 45.4. The summed E-state index contributed by atoms with van der Waals surface area (Å²) in [5, 5.41) is 26.1. The van der Waals surface area contributed by atoms with Gasteiger partial charge in [0.05, 0.1) is 31.1 Å². The molecule has 11 N–H and O–H groups in total. The van der Waals surface area contributed by atoms with Crippen molar-refractivity contribution in [3.05, 3.63) is 72.0 Å². The van der Waals surface area contributed by atoms with Gasteiger partial charge in [-0.25, -0.2) is 9.59 Å². The number of likely N-dealkylation sites (N-methyl/N-ethyl adjacent to an activating group) is 1. The molecule has 22 heteroatoms. The Kier molecular flexibility index (Phi) is 27.0. The number of rotatable bonds is 17. The van der Waals surface area contributed by atoms with Crippen molar-refractivity contribution in [1.29, 1.82) is 0 Å². The molecule has 0 aromatic heterocycles. The molecule has 1 aromatic rings. The summed E-state index contributed by atoms with van der Waals surface area (Å²) in [5.74, 6) is -11.7. The number of carboxylic acid groups (broad SMARTS) is 1. The van der Waals surface area contributed by atoms with Crippen LogP contribution in [0.5, 0.6) is 0 Å². The van der Waals surface area contributed by atoms with E-state index in [9.17, 15) is 48.3 Å². The number of carbonyl (C=O) groups is 9. The van der Waals surface area contributed by atoms with Crippen LogP contribution in [0, 0.1) is 29.6 Å². The van der Waals surface area contributed by atoms with Gasteiger partial charge in [0, 0.05) is 33.0 Å². The molecule has 0 bridgehead atoms. The van der Waals surface area contributed by atoms with Crippen LogP contribution in [0.1, 0.15) is 99.5 Å². The van der Waals surface area contributed by atoms with Crippen LogP contribution in [0.3, 0.4) is 0 Å². The van der Waals surface area contributed by atoms with E-state index >= 15 is 0 Å². The number of methoxy groups -OCH3 is 2. The Hall–Kier alpha value is -7.10. The third-order valence-corrected chi connectivity index (χ3v) is 12.7. The van der Waals surface area contributed by atoms with Gasteiger partial charge in [-0.05, 0) is 62.8 Å². The van der Waals surface area contributed by atoms with Crippen LogP contribution in [0.15, 0.2) is 71.4 Å². The van der Waals surface area contributed by atoms with Crippen LogP contribution in [-0.4, -0.2) is 139 Å². The van der Waals surface area contributed by atoms with E-state index in [1.54, 1.807) is 47.0 Å². The highest BCUT2D eigenvalue weighted by Gasteiger charge is 2.38. The lowest BCUT2D eigenvalue weighted by Crippen LogP contribution is -2.59. The Balaban J connectivity index is 2.80. The van der Waals surface area contributed by atoms with Crippen LogP contribution < -0.4 is 43.4 Å². The maximum absolute atomic E-state index is 14.5. The van der Waals surface area contributed by atoms with Gasteiger partial charge in [-0.15, -0.1) is 0 Å². The van der Waals surface area contributed by atoms with Crippen molar-refractivity contribution in [3.63, 3.8) is 0 Å². The summed E-state index contributed by atoms with van der Waals surface area (Å²) in [7, 11) is 4.00. The largest absolute Gasteiger partial charge is 0.480 e. The second-order valence-electron chi connectivity index (χ2n) is 19.9. The van der Waals surface area contributed by atoms with E-state index < -0.39 is 108 Å². The molecule has 416 valence electrons. The number of esters is 1. The Bertz CT molecular complexity index is 2250. The fourth-order valence-corrected chi connectivity index (χ4v) is 8.16. The third kappa shape index (κ3) is 21.7. The van der Waals surface area contributed by atoms with Crippen LogP contribution in [0.4, 0.5) is 0 Å². The average Bonchev–Trinajstić information content (AvgIpc) is 3.35. The minimum atomic E-state index is -1.88. The summed E-state index contributed by atoms with van der Waals surface area (Å²) in [6.07, 6.45) is 5.10. The number of carboxylic acids is 1. The SMILES string of the molecule is C=C1C(=O)N[C@H](CC(C)C)C(=O)N[C@@H](CC(C)C)C(=O)N[C@@H](C(=O)O)[C@H](C)C(=O)N[C@@H](CCCN=C(N)N)C(=O)N[C@@H](/C=C/C(C)=C/[C@H](C)[C@H](Cc2ccccc2)OC)[C@H](C)C(=O)N[C@@H](C(=O)OC)CCC(=O)N1C. The molecule has 0 aliphatic carbocycles. The van der Waals surface area contributed by atoms with E-state index in [0.29, 0.717) is 6.42 Å². The highest BCUT2D eigenvalue weighted by atomic mass is 16.5. The Morgan fingerprint density at radius 3 is 1.93 bits per heavy atom. The molecule has 2 rings (SSSR count). The van der Waals surface area contributed by atoms with E-state index in [1.807, 2.05) is 50.3 Å². The number of nitrogens with zero attached hydrogens (tertiary/aromatic N) is 2. The molecular formula is C53H82N10O12. The Morgan fingerprint density at radius 2 is 1.37 bits per heavy atom. The lowest BCUT2D eigenvalue weighted by atomic mass is 9.94. The number of amides is 7. The van der Waals surface area contributed by atoms with Gasteiger partial charge in [-0.3, -0.25) is 38.6 Å². The lowest BCUT2D eigenvalue weighted by molar-refractivity contribution is -0.147. The highest BCUT2D eigenvalue weighted by Crippen LogP contribution is 2.19. The molecule has 0 spiro atoms. The monoisotopic (exact) mass is 1050 g/mol. The number of allylic oxidation sites excluding steroid dienone is 2. The number of ether oxygens (including phenoxy) is 2. The highest BCUT2D eigenvalue weighted by molar-refractivity contribution is 6.00. The maximum Gasteiger partial charge on any atom is 0.328 e. The first-order valence-electron chi connectivity index (χ1n) is 25.3. The Morgan fingerprint density at radius 1 is 0.813 bits per heavy atom. The number of guanidine groups is 1. The van der Waals surface area contributed by atoms with Crippen molar-refractivity contribution in [1.82, 2.24) is 36.8 Å². The first kappa shape index (κ1) is 64.0. The molecule has 1 aliphatic rings. The topological polar surface area (TPSA) is 332 Å². The first-order chi connectivity index (χ1) is 35.2. The van der Waals surface area contributed by atoms with Crippen molar-refractivity contribution >= 4 is 59.2 Å². The fourth-order valence-electron chi connectivity index (χ4n) is 8.16. The van der Waals surface area contributed by atoms with Gasteiger partial charge in [0.25, 0.3) is 5.91 Å². The molecule has 0 radical (unpaired) electrons. The van der Waals surface area contributed by atoms with E-state index in [0.717, 1.165) is 23.1 Å². The molecule has 75 heavy (non-hydrogen) atoms. The quantitative estimate of drug-likeness (QED) is 0.0268. The lowest BCUT2D eigenvalue weighted by Gasteiger charge is -2.29. The molecule has 10 atom stereocenters. The number of carbonyl (C=O) groups excluding carboxylic acids is 8. The molecule has 0 unspecified atom stereocenters. The normalized spacial score (nSPS) is 24.7. The van der Waals surface area contributed by atoms with Gasteiger partial charge in [0.1, 0.15) is 35.9 Å². The predicted octanol–water partition coefficient (Wildman–Crippen LogP) is 1.73. The summed E-state index contributed by atoms with van der Waals surface area (Å²) in [4.78, 5) is 129. The average molecular weight is 1050 g/mol. The van der Waals surface area contributed by atoms with Crippen molar-refractivity contribution in [3.8, 4) is 0 Å². The number of benzene rings is 1. The minimum absolute atomic E-state index is 0.0169. The summed E-state index contributed by atoms with van der Waals surface area (Å²) in [5.41, 5.74) is 12.5.